The number of halogens is 2. The van der Waals surface area contributed by atoms with Gasteiger partial charge in [0.2, 0.25) is 0 Å². The van der Waals surface area contributed by atoms with Gasteiger partial charge in [0, 0.05) is 25.1 Å². The van der Waals surface area contributed by atoms with Gasteiger partial charge in [-0.1, -0.05) is 0 Å². The fourth-order valence-corrected chi connectivity index (χ4v) is 1.62. The monoisotopic (exact) mass is 213 g/mol. The van der Waals surface area contributed by atoms with Crippen LogP contribution in [-0.2, 0) is 0 Å². The Morgan fingerprint density at radius 1 is 1.33 bits per heavy atom. The van der Waals surface area contributed by atoms with E-state index in [9.17, 15) is 8.78 Å². The Morgan fingerprint density at radius 2 is 2.07 bits per heavy atom. The fourth-order valence-electron chi connectivity index (χ4n) is 1.62. The predicted octanol–water partition coefficient (Wildman–Crippen LogP) is 2.94. The summed E-state index contributed by atoms with van der Waals surface area (Å²) in [5.74, 6) is -1.14. The van der Waals surface area contributed by atoms with E-state index in [4.69, 9.17) is 4.74 Å². The zero-order valence-electron chi connectivity index (χ0n) is 8.73. The lowest BCUT2D eigenvalue weighted by Gasteiger charge is -2.24. The van der Waals surface area contributed by atoms with E-state index in [0.717, 1.165) is 12.5 Å². The first-order chi connectivity index (χ1) is 6.98. The van der Waals surface area contributed by atoms with Crippen LogP contribution in [0.25, 0.3) is 0 Å². The first-order valence-corrected chi connectivity index (χ1v) is 4.90. The van der Waals surface area contributed by atoms with Gasteiger partial charge in [0.1, 0.15) is 11.4 Å². The van der Waals surface area contributed by atoms with Gasteiger partial charge >= 0.3 is 0 Å². The van der Waals surface area contributed by atoms with Crippen LogP contribution in [0.5, 0.6) is 5.75 Å². The molecule has 1 aromatic rings. The molecule has 0 bridgehead atoms. The lowest BCUT2D eigenvalue weighted by Crippen LogP contribution is -2.28. The van der Waals surface area contributed by atoms with Crippen molar-refractivity contribution in [1.82, 2.24) is 0 Å². The van der Waals surface area contributed by atoms with E-state index in [0.29, 0.717) is 12.2 Å². The van der Waals surface area contributed by atoms with Gasteiger partial charge in [0.15, 0.2) is 11.6 Å². The van der Waals surface area contributed by atoms with Crippen molar-refractivity contribution < 1.29 is 13.5 Å². The first-order valence-electron chi connectivity index (χ1n) is 4.90. The van der Waals surface area contributed by atoms with Crippen LogP contribution in [0.2, 0.25) is 0 Å². The van der Waals surface area contributed by atoms with Crippen LogP contribution < -0.4 is 10.1 Å². The average molecular weight is 213 g/mol. The van der Waals surface area contributed by atoms with Crippen molar-refractivity contribution >= 4 is 5.69 Å². The third-order valence-corrected chi connectivity index (χ3v) is 2.43. The molecule has 1 N–H and O–H groups in total. The third-order valence-electron chi connectivity index (χ3n) is 2.43. The summed E-state index contributed by atoms with van der Waals surface area (Å²) in [4.78, 5) is 0. The number of benzene rings is 1. The summed E-state index contributed by atoms with van der Waals surface area (Å²) in [5, 5.41) is 2.96. The van der Waals surface area contributed by atoms with Crippen molar-refractivity contribution in [3.05, 3.63) is 23.8 Å². The molecule has 0 spiro atoms. The van der Waals surface area contributed by atoms with Crippen LogP contribution in [0.4, 0.5) is 14.5 Å². The molecule has 1 aliphatic heterocycles. The van der Waals surface area contributed by atoms with E-state index in [1.807, 2.05) is 13.8 Å². The van der Waals surface area contributed by atoms with E-state index in [-0.39, 0.29) is 5.75 Å². The van der Waals surface area contributed by atoms with Crippen molar-refractivity contribution in [2.75, 3.05) is 11.9 Å². The SMILES string of the molecule is CC1(C)CCNc2cc(F)cc(F)c2O1. The summed E-state index contributed by atoms with van der Waals surface area (Å²) in [6.45, 7) is 4.40. The Bertz CT molecular complexity index is 390. The summed E-state index contributed by atoms with van der Waals surface area (Å²) < 4.78 is 31.9. The summed E-state index contributed by atoms with van der Waals surface area (Å²) in [7, 11) is 0. The van der Waals surface area contributed by atoms with Gasteiger partial charge < -0.3 is 10.1 Å². The van der Waals surface area contributed by atoms with Crippen LogP contribution in [0, 0.1) is 11.6 Å². The highest BCUT2D eigenvalue weighted by Gasteiger charge is 2.26. The molecule has 0 amide bonds. The zero-order chi connectivity index (χ0) is 11.1. The molecule has 1 aliphatic rings. The number of rotatable bonds is 0. The second-order valence-corrected chi connectivity index (χ2v) is 4.30. The second-order valence-electron chi connectivity index (χ2n) is 4.30. The summed E-state index contributed by atoms with van der Waals surface area (Å²) in [6, 6.07) is 2.09. The van der Waals surface area contributed by atoms with Gasteiger partial charge in [-0.3, -0.25) is 0 Å². The second kappa shape index (κ2) is 3.36. The van der Waals surface area contributed by atoms with E-state index in [1.165, 1.54) is 6.07 Å². The van der Waals surface area contributed by atoms with Crippen LogP contribution >= 0.6 is 0 Å². The molecule has 0 atom stereocenters. The molecule has 2 nitrogen and oxygen atoms in total. The number of hydrogen-bond acceptors (Lipinski definition) is 2. The van der Waals surface area contributed by atoms with Crippen molar-refractivity contribution in [2.24, 2.45) is 0 Å². The quantitative estimate of drug-likeness (QED) is 0.715. The summed E-state index contributed by atoms with van der Waals surface area (Å²) >= 11 is 0. The van der Waals surface area contributed by atoms with Crippen LogP contribution in [0.15, 0.2) is 12.1 Å². The highest BCUT2D eigenvalue weighted by atomic mass is 19.1. The Labute approximate surface area is 87.2 Å². The maximum absolute atomic E-state index is 13.5. The minimum absolute atomic E-state index is 0.110. The molecule has 4 heteroatoms. The van der Waals surface area contributed by atoms with Crippen molar-refractivity contribution in [1.29, 1.82) is 0 Å². The zero-order valence-corrected chi connectivity index (χ0v) is 8.73. The van der Waals surface area contributed by atoms with Crippen molar-refractivity contribution in [3.8, 4) is 5.75 Å². The van der Waals surface area contributed by atoms with E-state index in [1.54, 1.807) is 0 Å². The fraction of sp³-hybridized carbons (Fsp3) is 0.455. The number of hydrogen-bond donors (Lipinski definition) is 1. The van der Waals surface area contributed by atoms with Crippen LogP contribution in [0.3, 0.4) is 0 Å². The lowest BCUT2D eigenvalue weighted by atomic mass is 10.1. The Morgan fingerprint density at radius 3 is 2.80 bits per heavy atom. The minimum Gasteiger partial charge on any atom is -0.483 e. The molecule has 0 saturated heterocycles. The van der Waals surface area contributed by atoms with E-state index in [2.05, 4.69) is 5.32 Å². The highest BCUT2D eigenvalue weighted by molar-refractivity contribution is 5.58. The average Bonchev–Trinajstić information content (AvgIpc) is 2.23. The molecule has 82 valence electrons. The largest absolute Gasteiger partial charge is 0.483 e. The Kier molecular flexibility index (Phi) is 2.29. The number of nitrogens with one attached hydrogen (secondary N) is 1. The molecule has 0 aromatic heterocycles. The molecule has 0 unspecified atom stereocenters. The van der Waals surface area contributed by atoms with E-state index >= 15 is 0 Å². The maximum Gasteiger partial charge on any atom is 0.179 e. The van der Waals surface area contributed by atoms with Crippen LogP contribution in [-0.4, -0.2) is 12.1 Å². The minimum atomic E-state index is -0.660. The van der Waals surface area contributed by atoms with Gasteiger partial charge in [0.25, 0.3) is 0 Å². The van der Waals surface area contributed by atoms with Gasteiger partial charge in [-0.25, -0.2) is 8.78 Å². The lowest BCUT2D eigenvalue weighted by molar-refractivity contribution is 0.103. The normalized spacial score (nSPS) is 18.4. The summed E-state index contributed by atoms with van der Waals surface area (Å²) in [6.07, 6.45) is 0.739. The molecule has 0 aliphatic carbocycles. The Balaban J connectivity index is 2.47. The molecule has 0 fully saturated rings. The smallest absolute Gasteiger partial charge is 0.179 e. The molecule has 0 radical (unpaired) electrons. The van der Waals surface area contributed by atoms with Gasteiger partial charge in [-0.2, -0.15) is 0 Å². The molecule has 1 aromatic carbocycles. The maximum atomic E-state index is 13.5. The van der Waals surface area contributed by atoms with Crippen LogP contribution in [0.1, 0.15) is 20.3 Å². The van der Waals surface area contributed by atoms with E-state index < -0.39 is 17.2 Å². The standard InChI is InChI=1S/C11H13F2NO/c1-11(2)3-4-14-9-6-7(12)5-8(13)10(9)15-11/h5-6,14H,3-4H2,1-2H3. The molecule has 2 rings (SSSR count). The topological polar surface area (TPSA) is 21.3 Å². The molecule has 0 saturated carbocycles. The molecular formula is C11H13F2NO. The summed E-state index contributed by atoms with van der Waals surface area (Å²) in [5.41, 5.74) is -0.0465. The first kappa shape index (κ1) is 10.2. The van der Waals surface area contributed by atoms with Gasteiger partial charge in [0.05, 0.1) is 5.69 Å². The molecule has 15 heavy (non-hydrogen) atoms. The van der Waals surface area contributed by atoms with Gasteiger partial charge in [-0.15, -0.1) is 0 Å². The molecular weight excluding hydrogens is 200 g/mol. The third kappa shape index (κ3) is 2.03. The number of ether oxygens (including phenoxy) is 1. The molecule has 1 heterocycles. The van der Waals surface area contributed by atoms with Crippen molar-refractivity contribution in [2.45, 2.75) is 25.9 Å². The number of anilines is 1. The van der Waals surface area contributed by atoms with Gasteiger partial charge in [-0.05, 0) is 13.8 Å². The number of fused-ring (bicyclic) bond motifs is 1. The predicted molar refractivity (Wildman–Crippen MR) is 54.2 cm³/mol. The highest BCUT2D eigenvalue weighted by Crippen LogP contribution is 2.35. The van der Waals surface area contributed by atoms with Crippen molar-refractivity contribution in [3.63, 3.8) is 0 Å². The Hall–Kier alpha value is -1.32.